The number of amides is 1. The number of nitrogens with one attached hydrogen (secondary N) is 4. The highest BCUT2D eigenvalue weighted by atomic mass is 16.1. The van der Waals surface area contributed by atoms with Crippen molar-refractivity contribution < 1.29 is 4.79 Å². The van der Waals surface area contributed by atoms with Gasteiger partial charge < -0.3 is 20.6 Å². The first-order valence-electron chi connectivity index (χ1n) is 8.39. The maximum atomic E-state index is 11.8. The summed E-state index contributed by atoms with van der Waals surface area (Å²) in [5, 5.41) is 6.35. The lowest BCUT2D eigenvalue weighted by molar-refractivity contribution is -0.121. The number of carbonyl (C=O) groups is 1. The number of benzene rings is 1. The van der Waals surface area contributed by atoms with Crippen LogP contribution in [0.4, 0.5) is 0 Å². The molecule has 6 heteroatoms. The lowest BCUT2D eigenvalue weighted by atomic mass is 10.1. The van der Waals surface area contributed by atoms with Gasteiger partial charge in [-0.15, -0.1) is 0 Å². The van der Waals surface area contributed by atoms with Gasteiger partial charge in [-0.1, -0.05) is 6.07 Å². The summed E-state index contributed by atoms with van der Waals surface area (Å²) in [6.45, 7) is 2.97. The van der Waals surface area contributed by atoms with Gasteiger partial charge in [-0.3, -0.25) is 4.79 Å². The minimum atomic E-state index is -0.186. The van der Waals surface area contributed by atoms with Gasteiger partial charge in [-0.05, 0) is 62.4 Å². The predicted octanol–water partition coefficient (Wildman–Crippen LogP) is 1.29. The van der Waals surface area contributed by atoms with E-state index in [0.29, 0.717) is 12.3 Å². The number of hydrogen-bond acceptors (Lipinski definition) is 3. The van der Waals surface area contributed by atoms with Gasteiger partial charge in [-0.2, -0.15) is 0 Å². The monoisotopic (exact) mass is 316 g/mol. The highest BCUT2D eigenvalue weighted by Gasteiger charge is 2.13. The molecule has 2 aromatic rings. The van der Waals surface area contributed by atoms with Crippen LogP contribution in [0.3, 0.4) is 0 Å². The van der Waals surface area contributed by atoms with Crippen molar-refractivity contribution in [1.29, 1.82) is 0 Å². The van der Waals surface area contributed by atoms with E-state index in [1.54, 1.807) is 0 Å². The molecule has 1 unspecified atom stereocenters. The molecule has 2 heterocycles. The minimum Gasteiger partial charge on any atom is -0.356 e. The van der Waals surface area contributed by atoms with Crippen LogP contribution in [0.5, 0.6) is 0 Å². The van der Waals surface area contributed by atoms with E-state index >= 15 is 0 Å². The highest BCUT2D eigenvalue weighted by Crippen LogP contribution is 2.13. The Kier molecular flexibility index (Phi) is 5.12. The van der Waals surface area contributed by atoms with Crippen molar-refractivity contribution in [3.8, 4) is 0 Å². The number of fused-ring (bicyclic) bond motifs is 1. The van der Waals surface area contributed by atoms with Crippen molar-refractivity contribution in [1.82, 2.24) is 20.6 Å². The number of aromatic nitrogens is 2. The molecule has 1 aliphatic rings. The van der Waals surface area contributed by atoms with E-state index in [4.69, 9.17) is 0 Å². The molecule has 1 fully saturated rings. The number of H-pyrrole nitrogens is 2. The van der Waals surface area contributed by atoms with Gasteiger partial charge in [0, 0.05) is 13.0 Å². The van der Waals surface area contributed by atoms with Crippen LogP contribution in [0.2, 0.25) is 0 Å². The molecule has 6 nitrogen and oxygen atoms in total. The molecule has 1 atom stereocenters. The second-order valence-corrected chi connectivity index (χ2v) is 6.31. The number of carbonyl (C=O) groups excluding carboxylic acids is 1. The van der Waals surface area contributed by atoms with Gasteiger partial charge in [0.15, 0.2) is 0 Å². The van der Waals surface area contributed by atoms with E-state index < -0.39 is 0 Å². The van der Waals surface area contributed by atoms with Crippen molar-refractivity contribution in [3.63, 3.8) is 0 Å². The second kappa shape index (κ2) is 7.46. The van der Waals surface area contributed by atoms with Crippen LogP contribution in [0.25, 0.3) is 11.0 Å². The second-order valence-electron chi connectivity index (χ2n) is 6.31. The zero-order chi connectivity index (χ0) is 16.1. The van der Waals surface area contributed by atoms with Crippen molar-refractivity contribution in [3.05, 3.63) is 34.2 Å². The Balaban J connectivity index is 1.37. The summed E-state index contributed by atoms with van der Waals surface area (Å²) in [4.78, 5) is 28.6. The zero-order valence-electron chi connectivity index (χ0n) is 13.3. The molecule has 0 bridgehead atoms. The van der Waals surface area contributed by atoms with Crippen molar-refractivity contribution >= 4 is 16.9 Å². The molecule has 1 aromatic heterocycles. The van der Waals surface area contributed by atoms with E-state index in [9.17, 15) is 9.59 Å². The molecule has 124 valence electrons. The maximum Gasteiger partial charge on any atom is 0.323 e. The maximum absolute atomic E-state index is 11.8. The molecule has 0 spiro atoms. The Morgan fingerprint density at radius 2 is 2.13 bits per heavy atom. The molecule has 0 aliphatic carbocycles. The molecule has 1 saturated heterocycles. The Hall–Kier alpha value is -2.08. The van der Waals surface area contributed by atoms with Crippen LogP contribution >= 0.6 is 0 Å². The summed E-state index contributed by atoms with van der Waals surface area (Å²) in [6, 6.07) is 5.87. The Morgan fingerprint density at radius 1 is 1.26 bits per heavy atom. The van der Waals surface area contributed by atoms with Gasteiger partial charge in [0.2, 0.25) is 5.91 Å². The summed E-state index contributed by atoms with van der Waals surface area (Å²) in [5.74, 6) is 0.845. The first-order valence-corrected chi connectivity index (χ1v) is 8.39. The van der Waals surface area contributed by atoms with E-state index in [1.807, 2.05) is 18.2 Å². The van der Waals surface area contributed by atoms with Crippen molar-refractivity contribution in [2.75, 3.05) is 19.6 Å². The van der Waals surface area contributed by atoms with Crippen LogP contribution in [-0.4, -0.2) is 35.5 Å². The van der Waals surface area contributed by atoms with Crippen LogP contribution in [0.1, 0.15) is 31.2 Å². The highest BCUT2D eigenvalue weighted by molar-refractivity contribution is 5.76. The normalized spacial score (nSPS) is 17.7. The van der Waals surface area contributed by atoms with Crippen molar-refractivity contribution in [2.45, 2.75) is 32.1 Å². The summed E-state index contributed by atoms with van der Waals surface area (Å²) >= 11 is 0. The fraction of sp³-hybridized carbons (Fsp3) is 0.529. The summed E-state index contributed by atoms with van der Waals surface area (Å²) < 4.78 is 0. The van der Waals surface area contributed by atoms with E-state index in [-0.39, 0.29) is 11.6 Å². The molecular formula is C17H24N4O2. The number of aromatic amines is 2. The van der Waals surface area contributed by atoms with E-state index in [2.05, 4.69) is 20.6 Å². The summed E-state index contributed by atoms with van der Waals surface area (Å²) in [5.41, 5.74) is 2.59. The SMILES string of the molecule is O=C(CCCc1ccc2[nH]c(=O)[nH]c2c1)NCCC1CCNC1. The number of hydrogen-bond donors (Lipinski definition) is 4. The zero-order valence-corrected chi connectivity index (χ0v) is 13.3. The fourth-order valence-corrected chi connectivity index (χ4v) is 3.15. The molecule has 0 radical (unpaired) electrons. The standard InChI is InChI=1S/C17H24N4O2/c22-16(19-9-7-13-6-8-18-11-13)3-1-2-12-4-5-14-15(10-12)21-17(23)20-14/h4-5,10,13,18H,1-3,6-9,11H2,(H,19,22)(H2,20,21,23). The van der Waals surface area contributed by atoms with Gasteiger partial charge in [0.05, 0.1) is 11.0 Å². The van der Waals surface area contributed by atoms with Gasteiger partial charge in [0.25, 0.3) is 0 Å². The van der Waals surface area contributed by atoms with E-state index in [0.717, 1.165) is 55.5 Å². The van der Waals surface area contributed by atoms with Gasteiger partial charge in [0.1, 0.15) is 0 Å². The quantitative estimate of drug-likeness (QED) is 0.620. The van der Waals surface area contributed by atoms with E-state index in [1.165, 1.54) is 6.42 Å². The Labute approximate surface area is 135 Å². The van der Waals surface area contributed by atoms with Crippen LogP contribution in [-0.2, 0) is 11.2 Å². The Morgan fingerprint density at radius 3 is 2.96 bits per heavy atom. The summed E-state index contributed by atoms with van der Waals surface area (Å²) in [6.07, 6.45) is 4.49. The van der Waals surface area contributed by atoms with Crippen molar-refractivity contribution in [2.24, 2.45) is 5.92 Å². The number of aryl methyl sites for hydroxylation is 1. The molecule has 0 saturated carbocycles. The van der Waals surface area contributed by atoms with Crippen LogP contribution in [0.15, 0.2) is 23.0 Å². The topological polar surface area (TPSA) is 89.8 Å². The van der Waals surface area contributed by atoms with Gasteiger partial charge >= 0.3 is 5.69 Å². The fourth-order valence-electron chi connectivity index (χ4n) is 3.15. The molecule has 1 aliphatic heterocycles. The molecule has 4 N–H and O–H groups in total. The first kappa shape index (κ1) is 15.8. The van der Waals surface area contributed by atoms with Crippen LogP contribution in [0, 0.1) is 5.92 Å². The average Bonchev–Trinajstić information content (AvgIpc) is 3.15. The predicted molar refractivity (Wildman–Crippen MR) is 90.5 cm³/mol. The molecule has 23 heavy (non-hydrogen) atoms. The molecule has 1 aromatic carbocycles. The lowest BCUT2D eigenvalue weighted by Crippen LogP contribution is -2.26. The average molecular weight is 316 g/mol. The lowest BCUT2D eigenvalue weighted by Gasteiger charge is -2.09. The number of rotatable bonds is 7. The largest absolute Gasteiger partial charge is 0.356 e. The van der Waals surface area contributed by atoms with Gasteiger partial charge in [-0.25, -0.2) is 4.79 Å². The third kappa shape index (κ3) is 4.45. The molecule has 1 amide bonds. The number of imidazole rings is 1. The van der Waals surface area contributed by atoms with Crippen LogP contribution < -0.4 is 16.3 Å². The Bertz CT molecular complexity index is 713. The smallest absolute Gasteiger partial charge is 0.323 e. The third-order valence-corrected chi connectivity index (χ3v) is 4.49. The molecular weight excluding hydrogens is 292 g/mol. The first-order chi connectivity index (χ1) is 11.2. The third-order valence-electron chi connectivity index (χ3n) is 4.49. The summed E-state index contributed by atoms with van der Waals surface area (Å²) in [7, 11) is 0. The molecule has 3 rings (SSSR count). The minimum absolute atomic E-state index is 0.132.